The molecule has 2 nitrogen and oxygen atoms in total. The lowest BCUT2D eigenvalue weighted by molar-refractivity contribution is -0.123. The zero-order chi connectivity index (χ0) is 10.6. The van der Waals surface area contributed by atoms with E-state index in [2.05, 4.69) is 6.92 Å². The molecule has 0 heterocycles. The van der Waals surface area contributed by atoms with Crippen LogP contribution in [0.15, 0.2) is 0 Å². The Labute approximate surface area is 88.0 Å². The van der Waals surface area contributed by atoms with Gasteiger partial charge in [0.25, 0.3) is 0 Å². The van der Waals surface area contributed by atoms with E-state index in [0.717, 1.165) is 13.0 Å². The molecule has 0 atom stereocenters. The molecule has 0 amide bonds. The van der Waals surface area contributed by atoms with Gasteiger partial charge in [-0.2, -0.15) is 0 Å². The van der Waals surface area contributed by atoms with Crippen LogP contribution in [0.1, 0.15) is 58.8 Å². The average molecular weight is 200 g/mol. The molecule has 0 aliphatic heterocycles. The Hall–Kier alpha value is -0.370. The standard InChI is InChI=1S/C12H24O2/c1-3-5-6-7-8-9-10-14-11-12(13)4-2/h3-11H2,1-2H3. The van der Waals surface area contributed by atoms with Crippen molar-refractivity contribution in [3.8, 4) is 0 Å². The molecule has 0 saturated carbocycles. The van der Waals surface area contributed by atoms with Crippen molar-refractivity contribution in [1.29, 1.82) is 0 Å². The van der Waals surface area contributed by atoms with Gasteiger partial charge >= 0.3 is 0 Å². The number of hydrogen-bond acceptors (Lipinski definition) is 2. The van der Waals surface area contributed by atoms with Gasteiger partial charge in [-0.15, -0.1) is 0 Å². The van der Waals surface area contributed by atoms with Crippen molar-refractivity contribution in [2.45, 2.75) is 58.8 Å². The van der Waals surface area contributed by atoms with Gasteiger partial charge < -0.3 is 4.74 Å². The van der Waals surface area contributed by atoms with Crippen molar-refractivity contribution < 1.29 is 9.53 Å². The highest BCUT2D eigenvalue weighted by Crippen LogP contribution is 2.04. The van der Waals surface area contributed by atoms with E-state index in [0.29, 0.717) is 13.0 Å². The second-order valence-corrected chi connectivity index (χ2v) is 3.71. The number of unbranched alkanes of at least 4 members (excludes halogenated alkanes) is 5. The van der Waals surface area contributed by atoms with Crippen LogP contribution < -0.4 is 0 Å². The van der Waals surface area contributed by atoms with E-state index in [1.54, 1.807) is 0 Å². The van der Waals surface area contributed by atoms with E-state index in [1.807, 2.05) is 6.92 Å². The number of hydrogen-bond donors (Lipinski definition) is 0. The zero-order valence-electron chi connectivity index (χ0n) is 9.68. The summed E-state index contributed by atoms with van der Waals surface area (Å²) in [6.45, 7) is 5.15. The van der Waals surface area contributed by atoms with Gasteiger partial charge in [-0.3, -0.25) is 4.79 Å². The van der Waals surface area contributed by atoms with E-state index in [1.165, 1.54) is 32.1 Å². The van der Waals surface area contributed by atoms with Gasteiger partial charge in [0.05, 0.1) is 0 Å². The first-order valence-corrected chi connectivity index (χ1v) is 5.90. The van der Waals surface area contributed by atoms with Gasteiger partial charge in [0, 0.05) is 13.0 Å². The van der Waals surface area contributed by atoms with Crippen LogP contribution in [0.5, 0.6) is 0 Å². The van der Waals surface area contributed by atoms with Crippen LogP contribution in [0.4, 0.5) is 0 Å². The first-order chi connectivity index (χ1) is 6.81. The average Bonchev–Trinajstić information content (AvgIpc) is 2.21. The first kappa shape index (κ1) is 13.6. The summed E-state index contributed by atoms with van der Waals surface area (Å²) < 4.78 is 5.24. The molecule has 2 heteroatoms. The summed E-state index contributed by atoms with van der Waals surface area (Å²) in [5, 5.41) is 0. The number of carbonyl (C=O) groups excluding carboxylic acids is 1. The summed E-state index contributed by atoms with van der Waals surface area (Å²) in [6.07, 6.45) is 8.21. The van der Waals surface area contributed by atoms with Gasteiger partial charge in [-0.25, -0.2) is 0 Å². The van der Waals surface area contributed by atoms with E-state index in [9.17, 15) is 4.79 Å². The first-order valence-electron chi connectivity index (χ1n) is 5.90. The molecule has 0 aliphatic carbocycles. The Morgan fingerprint density at radius 2 is 1.64 bits per heavy atom. The minimum absolute atomic E-state index is 0.205. The third-order valence-electron chi connectivity index (χ3n) is 2.30. The normalized spacial score (nSPS) is 10.4. The van der Waals surface area contributed by atoms with Gasteiger partial charge in [-0.1, -0.05) is 46.0 Å². The summed E-state index contributed by atoms with van der Waals surface area (Å²) in [6, 6.07) is 0. The fourth-order valence-electron chi connectivity index (χ4n) is 1.27. The lowest BCUT2D eigenvalue weighted by Crippen LogP contribution is -2.07. The molecule has 0 rings (SSSR count). The van der Waals surface area contributed by atoms with Crippen molar-refractivity contribution in [3.05, 3.63) is 0 Å². The molecule has 0 radical (unpaired) electrons. The van der Waals surface area contributed by atoms with Crippen molar-refractivity contribution in [2.24, 2.45) is 0 Å². The predicted octanol–water partition coefficient (Wildman–Crippen LogP) is 3.34. The monoisotopic (exact) mass is 200 g/mol. The lowest BCUT2D eigenvalue weighted by Gasteiger charge is -2.02. The summed E-state index contributed by atoms with van der Waals surface area (Å²) in [7, 11) is 0. The van der Waals surface area contributed by atoms with Gasteiger partial charge in [0.2, 0.25) is 0 Å². The molecule has 14 heavy (non-hydrogen) atoms. The molecular formula is C12H24O2. The molecule has 0 N–H and O–H groups in total. The molecule has 84 valence electrons. The van der Waals surface area contributed by atoms with Crippen LogP contribution in [-0.4, -0.2) is 19.0 Å². The Morgan fingerprint density at radius 1 is 1.00 bits per heavy atom. The quantitative estimate of drug-likeness (QED) is 0.505. The number of Topliss-reactive ketones (excluding diaryl/α,β-unsaturated/α-hetero) is 1. The highest BCUT2D eigenvalue weighted by molar-refractivity contribution is 5.79. The Morgan fingerprint density at radius 3 is 2.29 bits per heavy atom. The fourth-order valence-corrected chi connectivity index (χ4v) is 1.27. The Kier molecular flexibility index (Phi) is 10.4. The van der Waals surface area contributed by atoms with Gasteiger partial charge in [0.15, 0.2) is 5.78 Å². The number of carbonyl (C=O) groups is 1. The maximum atomic E-state index is 10.9. The molecule has 0 fully saturated rings. The molecule has 0 aliphatic rings. The number of ketones is 1. The summed E-state index contributed by atoms with van der Waals surface area (Å²) in [5.74, 6) is 0.205. The SMILES string of the molecule is CCCCCCCCOCC(=O)CC. The second kappa shape index (κ2) is 10.7. The van der Waals surface area contributed by atoms with Crippen LogP contribution in [0, 0.1) is 0 Å². The highest BCUT2D eigenvalue weighted by atomic mass is 16.5. The maximum Gasteiger partial charge on any atom is 0.158 e. The fraction of sp³-hybridized carbons (Fsp3) is 0.917. The van der Waals surface area contributed by atoms with E-state index in [4.69, 9.17) is 4.74 Å². The van der Waals surface area contributed by atoms with Gasteiger partial charge in [-0.05, 0) is 6.42 Å². The van der Waals surface area contributed by atoms with Crippen molar-refractivity contribution in [3.63, 3.8) is 0 Å². The zero-order valence-corrected chi connectivity index (χ0v) is 9.68. The van der Waals surface area contributed by atoms with Crippen molar-refractivity contribution in [1.82, 2.24) is 0 Å². The summed E-state index contributed by atoms with van der Waals surface area (Å²) in [4.78, 5) is 10.9. The maximum absolute atomic E-state index is 10.9. The molecule has 0 spiro atoms. The minimum Gasteiger partial charge on any atom is -0.374 e. The lowest BCUT2D eigenvalue weighted by atomic mass is 10.1. The van der Waals surface area contributed by atoms with Crippen LogP contribution in [0.2, 0.25) is 0 Å². The molecular weight excluding hydrogens is 176 g/mol. The minimum atomic E-state index is 0.205. The largest absolute Gasteiger partial charge is 0.374 e. The van der Waals surface area contributed by atoms with E-state index < -0.39 is 0 Å². The Bertz CT molecular complexity index is 132. The van der Waals surface area contributed by atoms with Gasteiger partial charge in [0.1, 0.15) is 6.61 Å². The van der Waals surface area contributed by atoms with Crippen LogP contribution in [-0.2, 0) is 9.53 Å². The molecule has 0 bridgehead atoms. The number of rotatable bonds is 10. The topological polar surface area (TPSA) is 26.3 Å². The molecule has 0 aromatic heterocycles. The molecule has 0 unspecified atom stereocenters. The van der Waals surface area contributed by atoms with Crippen LogP contribution >= 0.6 is 0 Å². The molecule has 0 saturated heterocycles. The smallest absolute Gasteiger partial charge is 0.158 e. The summed E-state index contributed by atoms with van der Waals surface area (Å²) >= 11 is 0. The van der Waals surface area contributed by atoms with E-state index >= 15 is 0 Å². The second-order valence-electron chi connectivity index (χ2n) is 3.71. The van der Waals surface area contributed by atoms with Crippen molar-refractivity contribution >= 4 is 5.78 Å². The number of ether oxygens (including phenoxy) is 1. The van der Waals surface area contributed by atoms with Crippen molar-refractivity contribution in [2.75, 3.05) is 13.2 Å². The Balaban J connectivity index is 2.95. The molecule has 0 aromatic carbocycles. The van der Waals surface area contributed by atoms with E-state index in [-0.39, 0.29) is 5.78 Å². The third kappa shape index (κ3) is 9.72. The predicted molar refractivity (Wildman–Crippen MR) is 59.5 cm³/mol. The highest BCUT2D eigenvalue weighted by Gasteiger charge is 1.97. The van der Waals surface area contributed by atoms with Crippen LogP contribution in [0.3, 0.4) is 0 Å². The third-order valence-corrected chi connectivity index (χ3v) is 2.30. The van der Waals surface area contributed by atoms with Crippen LogP contribution in [0.25, 0.3) is 0 Å². The summed E-state index contributed by atoms with van der Waals surface area (Å²) in [5.41, 5.74) is 0. The molecule has 0 aromatic rings.